The van der Waals surface area contributed by atoms with Gasteiger partial charge in [0.05, 0.1) is 12.3 Å². The molecule has 1 aliphatic heterocycles. The van der Waals surface area contributed by atoms with E-state index in [1.165, 1.54) is 4.90 Å². The van der Waals surface area contributed by atoms with Crippen LogP contribution in [0.25, 0.3) is 0 Å². The van der Waals surface area contributed by atoms with Crippen molar-refractivity contribution in [3.05, 3.63) is 48.7 Å². The quantitative estimate of drug-likeness (QED) is 0.361. The predicted octanol–water partition coefficient (Wildman–Crippen LogP) is 2.14. The molecule has 1 saturated heterocycles. The molecule has 0 radical (unpaired) electrons. The molecule has 1 rings (SSSR count). The topological polar surface area (TPSA) is 82.3 Å². The maximum absolute atomic E-state index is 14.3. The van der Waals surface area contributed by atoms with E-state index in [-0.39, 0.29) is 0 Å². The molecule has 1 unspecified atom stereocenters. The molecule has 0 saturated carbocycles. The number of ether oxygens (including phenoxy) is 1. The van der Waals surface area contributed by atoms with Gasteiger partial charge in [-0.1, -0.05) is 12.7 Å². The molecule has 8 heteroatoms. The molecule has 1 fully saturated rings. The number of hydrogen-bond donors (Lipinski definition) is 2. The lowest BCUT2D eigenvalue weighted by Gasteiger charge is -2.36. The molecule has 0 aromatic rings. The van der Waals surface area contributed by atoms with E-state index in [0.29, 0.717) is 44.8 Å². The van der Waals surface area contributed by atoms with Gasteiger partial charge >= 0.3 is 6.09 Å². The number of amides is 1. The van der Waals surface area contributed by atoms with Crippen LogP contribution in [0.15, 0.2) is 48.7 Å². The Labute approximate surface area is 160 Å². The van der Waals surface area contributed by atoms with Gasteiger partial charge in [0.1, 0.15) is 5.83 Å². The third-order valence-corrected chi connectivity index (χ3v) is 4.31. The minimum Gasteiger partial charge on any atom is -0.430 e. The van der Waals surface area contributed by atoms with Crippen LogP contribution in [0.1, 0.15) is 20.3 Å². The van der Waals surface area contributed by atoms with Crippen LogP contribution in [0.5, 0.6) is 0 Å². The zero-order chi connectivity index (χ0) is 20.4. The standard InChI is InChI=1S/C19H31FN4O3/c1-5-8-18(21)27-19(26)24-11-9-23(10-12-24)17(16(20)14-25)13-15(4)22(6-2)7-3/h5-6,13,18,25H,1-2,7-12,14,21H2,3-4H3/b15-13+,17-16-. The number of halogens is 1. The second kappa shape index (κ2) is 11.4. The van der Waals surface area contributed by atoms with Gasteiger partial charge in [0.15, 0.2) is 6.23 Å². The molecule has 3 N–H and O–H groups in total. The normalized spacial score (nSPS) is 17.1. The zero-order valence-corrected chi connectivity index (χ0v) is 16.2. The summed E-state index contributed by atoms with van der Waals surface area (Å²) in [5.74, 6) is -0.613. The Morgan fingerprint density at radius 1 is 1.33 bits per heavy atom. The second-order valence-electron chi connectivity index (χ2n) is 6.12. The van der Waals surface area contributed by atoms with Crippen LogP contribution in [-0.2, 0) is 4.74 Å². The van der Waals surface area contributed by atoms with Crippen molar-refractivity contribution in [2.45, 2.75) is 26.5 Å². The number of aliphatic hydroxyl groups is 1. The lowest BCUT2D eigenvalue weighted by Crippen LogP contribution is -2.49. The summed E-state index contributed by atoms with van der Waals surface area (Å²) in [4.78, 5) is 17.3. The van der Waals surface area contributed by atoms with E-state index < -0.39 is 24.8 Å². The molecule has 0 spiro atoms. The molecule has 0 bridgehead atoms. The first-order chi connectivity index (χ1) is 12.9. The summed E-state index contributed by atoms with van der Waals surface area (Å²) in [6, 6.07) is 0. The Morgan fingerprint density at radius 3 is 2.41 bits per heavy atom. The third-order valence-electron chi connectivity index (χ3n) is 4.31. The minimum atomic E-state index is -0.722. The highest BCUT2D eigenvalue weighted by Gasteiger charge is 2.25. The van der Waals surface area contributed by atoms with Crippen molar-refractivity contribution in [2.24, 2.45) is 5.73 Å². The molecule has 7 nitrogen and oxygen atoms in total. The van der Waals surface area contributed by atoms with Gasteiger partial charge in [0.2, 0.25) is 0 Å². The number of rotatable bonds is 9. The molecule has 27 heavy (non-hydrogen) atoms. The van der Waals surface area contributed by atoms with Gasteiger partial charge in [-0.25, -0.2) is 9.18 Å². The number of aliphatic hydroxyl groups excluding tert-OH is 1. The van der Waals surface area contributed by atoms with Gasteiger partial charge in [-0.05, 0) is 26.1 Å². The van der Waals surface area contributed by atoms with E-state index in [4.69, 9.17) is 10.5 Å². The van der Waals surface area contributed by atoms with Crippen molar-refractivity contribution in [1.29, 1.82) is 0 Å². The second-order valence-corrected chi connectivity index (χ2v) is 6.12. The van der Waals surface area contributed by atoms with Gasteiger partial charge < -0.3 is 24.5 Å². The van der Waals surface area contributed by atoms with Gasteiger partial charge in [0.25, 0.3) is 0 Å². The largest absolute Gasteiger partial charge is 0.430 e. The Morgan fingerprint density at radius 2 is 1.93 bits per heavy atom. The van der Waals surface area contributed by atoms with Crippen molar-refractivity contribution >= 4 is 6.09 Å². The summed E-state index contributed by atoms with van der Waals surface area (Å²) < 4.78 is 19.4. The average molecular weight is 382 g/mol. The number of carbonyl (C=O) groups excluding carboxylic acids is 1. The average Bonchev–Trinajstić information content (AvgIpc) is 2.66. The summed E-state index contributed by atoms with van der Waals surface area (Å²) >= 11 is 0. The molecule has 0 aromatic carbocycles. The molecule has 1 atom stereocenters. The molecule has 0 aromatic heterocycles. The first-order valence-corrected chi connectivity index (χ1v) is 9.01. The Kier molecular flexibility index (Phi) is 9.60. The van der Waals surface area contributed by atoms with Crippen molar-refractivity contribution in [3.63, 3.8) is 0 Å². The fourth-order valence-electron chi connectivity index (χ4n) is 2.77. The van der Waals surface area contributed by atoms with Gasteiger partial charge in [-0.3, -0.25) is 5.73 Å². The van der Waals surface area contributed by atoms with Crippen LogP contribution in [-0.4, -0.2) is 71.5 Å². The number of carbonyl (C=O) groups is 1. The number of nitrogens with two attached hydrogens (primary N) is 1. The molecular formula is C19H31FN4O3. The van der Waals surface area contributed by atoms with Crippen LogP contribution in [0.2, 0.25) is 0 Å². The minimum absolute atomic E-state index is 0.312. The molecule has 0 aliphatic carbocycles. The highest BCUT2D eigenvalue weighted by atomic mass is 19.1. The van der Waals surface area contributed by atoms with Crippen molar-refractivity contribution in [3.8, 4) is 0 Å². The lowest BCUT2D eigenvalue weighted by atomic mass is 10.2. The van der Waals surface area contributed by atoms with E-state index in [0.717, 1.165) is 5.70 Å². The summed E-state index contributed by atoms with van der Waals surface area (Å²) in [5, 5.41) is 9.26. The summed E-state index contributed by atoms with van der Waals surface area (Å²) in [5.41, 5.74) is 6.80. The zero-order valence-electron chi connectivity index (χ0n) is 16.2. The Bertz CT molecular complexity index is 584. The number of allylic oxidation sites excluding steroid dienone is 2. The van der Waals surface area contributed by atoms with Crippen LogP contribution in [0, 0.1) is 0 Å². The van der Waals surface area contributed by atoms with Crippen LogP contribution < -0.4 is 5.73 Å². The number of nitrogens with zero attached hydrogens (tertiary/aromatic N) is 3. The third kappa shape index (κ3) is 6.73. The SMILES string of the molecule is C=CCC(N)OC(=O)N1CCN(C(/C=C(\C)N(C=C)CC)=C(\F)CO)CC1. The van der Waals surface area contributed by atoms with Gasteiger partial charge in [-0.15, -0.1) is 6.58 Å². The Balaban J connectivity index is 2.81. The first kappa shape index (κ1) is 22.7. The number of hydrogen-bond acceptors (Lipinski definition) is 6. The maximum Gasteiger partial charge on any atom is 0.411 e. The highest BCUT2D eigenvalue weighted by molar-refractivity contribution is 5.68. The van der Waals surface area contributed by atoms with Crippen LogP contribution >= 0.6 is 0 Å². The molecular weight excluding hydrogens is 351 g/mol. The van der Waals surface area contributed by atoms with Gasteiger partial charge in [0, 0.05) is 44.8 Å². The predicted molar refractivity (Wildman–Crippen MR) is 104 cm³/mol. The highest BCUT2D eigenvalue weighted by Crippen LogP contribution is 2.19. The van der Waals surface area contributed by atoms with E-state index in [1.54, 1.807) is 23.3 Å². The fraction of sp³-hybridized carbons (Fsp3) is 0.526. The number of piperazine rings is 1. The van der Waals surface area contributed by atoms with E-state index in [9.17, 15) is 14.3 Å². The van der Waals surface area contributed by atoms with Gasteiger partial charge in [-0.2, -0.15) is 0 Å². The summed E-state index contributed by atoms with van der Waals surface area (Å²) in [6.45, 7) is 12.7. The summed E-state index contributed by atoms with van der Waals surface area (Å²) in [6.07, 6.45) is 4.10. The molecule has 1 amide bonds. The van der Waals surface area contributed by atoms with Crippen molar-refractivity contribution < 1.29 is 19.0 Å². The van der Waals surface area contributed by atoms with Crippen molar-refractivity contribution in [1.82, 2.24) is 14.7 Å². The van der Waals surface area contributed by atoms with Crippen molar-refractivity contribution in [2.75, 3.05) is 39.3 Å². The van der Waals surface area contributed by atoms with Crippen LogP contribution in [0.4, 0.5) is 9.18 Å². The first-order valence-electron chi connectivity index (χ1n) is 9.01. The van der Waals surface area contributed by atoms with Crippen LogP contribution in [0.3, 0.4) is 0 Å². The molecule has 152 valence electrons. The maximum atomic E-state index is 14.3. The fourth-order valence-corrected chi connectivity index (χ4v) is 2.77. The van der Waals surface area contributed by atoms with E-state index in [1.807, 2.05) is 18.7 Å². The van der Waals surface area contributed by atoms with E-state index >= 15 is 0 Å². The molecule has 1 heterocycles. The Hall–Kier alpha value is -2.32. The monoisotopic (exact) mass is 382 g/mol. The lowest BCUT2D eigenvalue weighted by molar-refractivity contribution is 0.0532. The molecule has 1 aliphatic rings. The smallest absolute Gasteiger partial charge is 0.411 e. The summed E-state index contributed by atoms with van der Waals surface area (Å²) in [7, 11) is 0. The van der Waals surface area contributed by atoms with E-state index in [2.05, 4.69) is 13.2 Å².